The van der Waals surface area contributed by atoms with E-state index in [0.29, 0.717) is 23.8 Å². The number of aliphatic hydroxyl groups excluding tert-OH is 2. The van der Waals surface area contributed by atoms with E-state index in [-0.39, 0.29) is 41.6 Å². The first-order chi connectivity index (χ1) is 30.4. The van der Waals surface area contributed by atoms with E-state index in [1.807, 2.05) is 24.3 Å². The van der Waals surface area contributed by atoms with Crippen LogP contribution in [0.2, 0.25) is 5.02 Å². The average Bonchev–Trinajstić information content (AvgIpc) is 3.80. The molecule has 3 aromatic rings. The summed E-state index contributed by atoms with van der Waals surface area (Å²) in [5.41, 5.74) is 4.66. The molecule has 2 saturated heterocycles. The van der Waals surface area contributed by atoms with Crippen LogP contribution in [0.3, 0.4) is 0 Å². The van der Waals surface area contributed by atoms with Gasteiger partial charge in [-0.05, 0) is 43.4 Å². The van der Waals surface area contributed by atoms with Crippen molar-refractivity contribution < 1.29 is 85.2 Å². The van der Waals surface area contributed by atoms with Crippen LogP contribution in [0.25, 0.3) is 11.2 Å². The molecule has 2 aliphatic rings. The van der Waals surface area contributed by atoms with Gasteiger partial charge < -0.3 is 55.6 Å². The first kappa shape index (κ1) is 53.0. The summed E-state index contributed by atoms with van der Waals surface area (Å²) >= 11 is 6.99. The number of nitrogens with one attached hydrogen (secondary N) is 2. The summed E-state index contributed by atoms with van der Waals surface area (Å²) in [6, 6.07) is 7.69. The van der Waals surface area contributed by atoms with Crippen LogP contribution in [0.15, 0.2) is 36.9 Å². The second-order valence-electron chi connectivity index (χ2n) is 15.7. The minimum absolute atomic E-state index is 0.0275. The van der Waals surface area contributed by atoms with Gasteiger partial charge in [0.1, 0.15) is 36.3 Å². The van der Waals surface area contributed by atoms with E-state index in [4.69, 9.17) is 35.9 Å². The van der Waals surface area contributed by atoms with Crippen LogP contribution in [0, 0.1) is 5.41 Å². The minimum Gasteiger partial charge on any atom is -0.386 e. The summed E-state index contributed by atoms with van der Waals surface area (Å²) in [4.78, 5) is 89.0. The Labute approximate surface area is 380 Å². The molecule has 65 heavy (non-hydrogen) atoms. The molecule has 0 aliphatic carbocycles. The molecule has 2 aliphatic heterocycles. The number of epoxide rings is 1. The molecular formula is C35H51ClN7O18P3S. The van der Waals surface area contributed by atoms with Crippen molar-refractivity contribution in [3.8, 4) is 0 Å². The SMILES string of the molecule is CC(C)(COP(=O)(O)OP(=O)(O)OC[C@H]1O[C@@H](n2cnc3c(N)ncnc32)[C@H](O)[C@@H]1OP(=O)(O)O)[C@H](O)C(=O)NCCC(=O)NCCSC(=O)C1(CCCCCc2ccc(Cl)cc2)CO1. The summed E-state index contributed by atoms with van der Waals surface area (Å²) in [6.45, 7) is 0.789. The zero-order chi connectivity index (χ0) is 47.8. The molecule has 0 saturated carbocycles. The fourth-order valence-corrected chi connectivity index (χ4v) is 10.3. The number of ether oxygens (including phenoxy) is 2. The summed E-state index contributed by atoms with van der Waals surface area (Å²) in [5, 5.41) is 27.2. The quantitative estimate of drug-likeness (QED) is 0.0315. The molecular weight excluding hydrogens is 967 g/mol. The molecule has 25 nitrogen and oxygen atoms in total. The highest BCUT2D eigenvalue weighted by Crippen LogP contribution is 2.61. The normalized spacial score (nSPS) is 23.4. The van der Waals surface area contributed by atoms with Crippen LogP contribution >= 0.6 is 46.8 Å². The number of phosphoric acid groups is 3. The maximum atomic E-state index is 12.8. The summed E-state index contributed by atoms with van der Waals surface area (Å²) < 4.78 is 67.9. The van der Waals surface area contributed by atoms with Gasteiger partial charge in [-0.3, -0.25) is 32.5 Å². The highest BCUT2D eigenvalue weighted by atomic mass is 35.5. The van der Waals surface area contributed by atoms with Crippen LogP contribution in [0.1, 0.15) is 57.7 Å². The van der Waals surface area contributed by atoms with Crippen molar-refractivity contribution in [3.63, 3.8) is 0 Å². The first-order valence-corrected chi connectivity index (χ1v) is 25.7. The number of imidazole rings is 1. The molecule has 0 bridgehead atoms. The van der Waals surface area contributed by atoms with Crippen LogP contribution in [0.5, 0.6) is 0 Å². The van der Waals surface area contributed by atoms with Gasteiger partial charge >= 0.3 is 23.5 Å². The molecule has 30 heteroatoms. The Hall–Kier alpha value is -2.97. The van der Waals surface area contributed by atoms with Crippen molar-refractivity contribution in [2.24, 2.45) is 5.41 Å². The second-order valence-corrected chi connectivity index (χ2v) is 21.4. The number of aliphatic hydroxyl groups is 2. The van der Waals surface area contributed by atoms with Gasteiger partial charge in [0.15, 0.2) is 23.3 Å². The number of phosphoric ester groups is 3. The number of aryl methyl sites for hydroxylation is 1. The highest BCUT2D eigenvalue weighted by molar-refractivity contribution is 8.13. The number of amides is 2. The molecule has 2 amide bonds. The standard InChI is InChI=1S/C35H51ClN7O18P3S/c1-34(2,28(46)31(47)39-13-11-24(44)38-14-15-65-33(48)35(18-56-35)12-5-3-4-6-21-7-9-22(36)10-8-21)17-58-64(54,55)61-63(52,53)57-16-23-27(60-62(49,50)51)26(45)32(59-23)43-20-42-25-29(37)40-19-41-30(25)43/h7-10,19-20,23,26-28,32,45-46H,3-6,11-18H2,1-2H3,(H,38,44)(H,39,47)(H,52,53)(H,54,55)(H2,37,40,41)(H2,49,50,51)/t23-,26-,27-,28-,32-,35?/m1/s1. The summed E-state index contributed by atoms with van der Waals surface area (Å²) in [7, 11) is -16.4. The molecule has 2 aromatic heterocycles. The number of carbonyl (C=O) groups is 3. The molecule has 0 radical (unpaired) electrons. The van der Waals surface area contributed by atoms with Crippen LogP contribution in [-0.4, -0.2) is 135 Å². The molecule has 4 heterocycles. The zero-order valence-electron chi connectivity index (χ0n) is 34.9. The number of thioether (sulfide) groups is 1. The van der Waals surface area contributed by atoms with Gasteiger partial charge in [0.25, 0.3) is 0 Å². The van der Waals surface area contributed by atoms with E-state index in [0.717, 1.165) is 54.7 Å². The number of nitrogen functional groups attached to an aromatic ring is 1. The smallest absolute Gasteiger partial charge is 0.386 e. The number of hydrogen-bond acceptors (Lipinski definition) is 19. The predicted molar refractivity (Wildman–Crippen MR) is 229 cm³/mol. The van der Waals surface area contributed by atoms with E-state index in [2.05, 4.69) is 34.4 Å². The number of benzene rings is 1. The lowest BCUT2D eigenvalue weighted by atomic mass is 9.87. The van der Waals surface area contributed by atoms with Gasteiger partial charge in [0.05, 0.1) is 26.1 Å². The number of aromatic nitrogens is 4. The van der Waals surface area contributed by atoms with Crippen molar-refractivity contribution in [2.75, 3.05) is 44.4 Å². The average molecular weight is 1020 g/mol. The molecule has 362 valence electrons. The van der Waals surface area contributed by atoms with E-state index < -0.39 is 90.2 Å². The van der Waals surface area contributed by atoms with Crippen molar-refractivity contribution in [1.82, 2.24) is 30.2 Å². The van der Waals surface area contributed by atoms with E-state index >= 15 is 0 Å². The van der Waals surface area contributed by atoms with Crippen molar-refractivity contribution in [3.05, 3.63) is 47.5 Å². The van der Waals surface area contributed by atoms with Gasteiger partial charge in [-0.2, -0.15) is 4.31 Å². The van der Waals surface area contributed by atoms with Crippen LogP contribution in [-0.2, 0) is 61.9 Å². The topological polar surface area (TPSA) is 376 Å². The summed E-state index contributed by atoms with van der Waals surface area (Å²) in [6.07, 6.45) is -2.71. The zero-order valence-corrected chi connectivity index (χ0v) is 39.2. The highest BCUT2D eigenvalue weighted by Gasteiger charge is 2.52. The second kappa shape index (κ2) is 22.4. The fourth-order valence-electron chi connectivity index (χ4n) is 6.42. The number of rotatable bonds is 26. The Bertz CT molecular complexity index is 2290. The Morgan fingerprint density at radius 1 is 1.03 bits per heavy atom. The molecule has 2 fully saturated rings. The Morgan fingerprint density at radius 2 is 1.72 bits per heavy atom. The Balaban J connectivity index is 0.986. The molecule has 8 atom stereocenters. The number of halogens is 1. The van der Waals surface area contributed by atoms with Crippen molar-refractivity contribution >= 4 is 80.7 Å². The number of nitrogens with two attached hydrogens (primary N) is 1. The number of anilines is 1. The number of fused-ring (bicyclic) bond motifs is 1. The number of carbonyl (C=O) groups excluding carboxylic acids is 3. The number of hydrogen-bond donors (Lipinski definition) is 9. The lowest BCUT2D eigenvalue weighted by Crippen LogP contribution is -2.46. The van der Waals surface area contributed by atoms with Gasteiger partial charge in [-0.15, -0.1) is 0 Å². The largest absolute Gasteiger partial charge is 0.481 e. The minimum atomic E-state index is -5.59. The van der Waals surface area contributed by atoms with Crippen LogP contribution in [0.4, 0.5) is 5.82 Å². The van der Waals surface area contributed by atoms with Crippen molar-refractivity contribution in [1.29, 1.82) is 0 Å². The lowest BCUT2D eigenvalue weighted by molar-refractivity contribution is -0.137. The van der Waals surface area contributed by atoms with E-state index in [9.17, 15) is 57.9 Å². The van der Waals surface area contributed by atoms with Crippen LogP contribution < -0.4 is 16.4 Å². The Morgan fingerprint density at radius 3 is 2.40 bits per heavy atom. The predicted octanol–water partition coefficient (Wildman–Crippen LogP) is 1.89. The van der Waals surface area contributed by atoms with Gasteiger partial charge in [-0.25, -0.2) is 28.6 Å². The number of unbranched alkanes of at least 4 members (excludes halogenated alkanes) is 2. The fraction of sp³-hybridized carbons (Fsp3) is 0.600. The third-order valence-corrected chi connectivity index (χ3v) is 14.5. The van der Waals surface area contributed by atoms with Gasteiger partial charge in [0.2, 0.25) is 16.9 Å². The maximum Gasteiger partial charge on any atom is 0.481 e. The molecule has 0 spiro atoms. The van der Waals surface area contributed by atoms with E-state index in [1.165, 1.54) is 19.4 Å². The first-order valence-electron chi connectivity index (χ1n) is 19.9. The van der Waals surface area contributed by atoms with Gasteiger partial charge in [0, 0.05) is 35.7 Å². The van der Waals surface area contributed by atoms with E-state index in [1.54, 1.807) is 0 Å². The lowest BCUT2D eigenvalue weighted by Gasteiger charge is -2.30. The van der Waals surface area contributed by atoms with Gasteiger partial charge in [-0.1, -0.05) is 55.8 Å². The summed E-state index contributed by atoms with van der Waals surface area (Å²) in [5.74, 6) is -1.18. The molecule has 3 unspecified atom stereocenters. The molecule has 1 aromatic carbocycles. The monoisotopic (exact) mass is 1020 g/mol. The third-order valence-electron chi connectivity index (χ3n) is 10.1. The van der Waals surface area contributed by atoms with Crippen molar-refractivity contribution in [2.45, 2.75) is 88.6 Å². The Kier molecular flexibility index (Phi) is 18.3. The number of nitrogens with zero attached hydrogens (tertiary/aromatic N) is 4. The molecule has 10 N–H and O–H groups in total. The maximum absolute atomic E-state index is 12.8. The third kappa shape index (κ3) is 15.5. The molecule has 5 rings (SSSR count).